The van der Waals surface area contributed by atoms with Gasteiger partial charge in [0.15, 0.2) is 4.77 Å². The first-order valence-electron chi connectivity index (χ1n) is 7.54. The zero-order valence-electron chi connectivity index (χ0n) is 12.0. The summed E-state index contributed by atoms with van der Waals surface area (Å²) in [6.07, 6.45) is 5.21. The standard InChI is InChI=1S/C16H17N3O2S/c20-15(18-12-8-11-6-7-14(12)21-11)13-9-17-16(22)19(13)10-4-2-1-3-5-10/h1-5,9,11-12,14H,6-8H2,(H,17,22)(H,18,20)/t11-,12-,14-/m1/s1. The lowest BCUT2D eigenvalue weighted by Gasteiger charge is -2.20. The third-order valence-electron chi connectivity index (χ3n) is 4.45. The highest BCUT2D eigenvalue weighted by molar-refractivity contribution is 7.71. The molecule has 0 radical (unpaired) electrons. The van der Waals surface area contributed by atoms with Crippen LogP contribution in [0.4, 0.5) is 0 Å². The molecule has 6 heteroatoms. The van der Waals surface area contributed by atoms with E-state index in [1.54, 1.807) is 10.8 Å². The van der Waals surface area contributed by atoms with Crippen LogP contribution in [-0.2, 0) is 4.74 Å². The lowest BCUT2D eigenvalue weighted by atomic mass is 9.95. The number of carbonyl (C=O) groups excluding carboxylic acids is 1. The summed E-state index contributed by atoms with van der Waals surface area (Å²) in [4.78, 5) is 15.6. The quantitative estimate of drug-likeness (QED) is 0.856. The third-order valence-corrected chi connectivity index (χ3v) is 4.75. The Hall–Kier alpha value is -1.92. The predicted octanol–water partition coefficient (Wildman–Crippen LogP) is 2.58. The van der Waals surface area contributed by atoms with E-state index < -0.39 is 0 Å². The second-order valence-corrected chi connectivity index (χ2v) is 6.23. The van der Waals surface area contributed by atoms with Gasteiger partial charge in [0.1, 0.15) is 5.69 Å². The van der Waals surface area contributed by atoms with Gasteiger partial charge in [-0.1, -0.05) is 18.2 Å². The maximum Gasteiger partial charge on any atom is 0.270 e. The van der Waals surface area contributed by atoms with Crippen molar-refractivity contribution in [3.8, 4) is 5.69 Å². The molecule has 2 aromatic rings. The van der Waals surface area contributed by atoms with E-state index >= 15 is 0 Å². The molecule has 0 aliphatic carbocycles. The molecule has 1 amide bonds. The summed E-state index contributed by atoms with van der Waals surface area (Å²) >= 11 is 5.31. The minimum atomic E-state index is -0.114. The number of imidazole rings is 1. The average molecular weight is 315 g/mol. The number of hydrogen-bond acceptors (Lipinski definition) is 3. The van der Waals surface area contributed by atoms with E-state index in [-0.39, 0.29) is 18.1 Å². The molecule has 2 bridgehead atoms. The van der Waals surface area contributed by atoms with Crippen molar-refractivity contribution in [3.63, 3.8) is 0 Å². The molecule has 3 atom stereocenters. The maximum atomic E-state index is 12.6. The molecule has 3 heterocycles. The second-order valence-electron chi connectivity index (χ2n) is 5.84. The number of benzene rings is 1. The smallest absolute Gasteiger partial charge is 0.270 e. The summed E-state index contributed by atoms with van der Waals surface area (Å²) in [5, 5.41) is 3.10. The average Bonchev–Trinajstić information content (AvgIpc) is 3.23. The molecule has 114 valence electrons. The second kappa shape index (κ2) is 5.37. The van der Waals surface area contributed by atoms with Crippen LogP contribution in [0.25, 0.3) is 5.69 Å². The van der Waals surface area contributed by atoms with Gasteiger partial charge in [0, 0.05) is 11.9 Å². The lowest BCUT2D eigenvalue weighted by molar-refractivity contribution is 0.0836. The molecule has 0 spiro atoms. The Morgan fingerprint density at radius 1 is 1.32 bits per heavy atom. The van der Waals surface area contributed by atoms with Crippen LogP contribution in [0.1, 0.15) is 29.8 Å². The number of rotatable bonds is 3. The number of carbonyl (C=O) groups is 1. The number of ether oxygens (including phenoxy) is 1. The van der Waals surface area contributed by atoms with Gasteiger partial charge in [-0.15, -0.1) is 0 Å². The molecule has 1 aromatic heterocycles. The normalized spacial score (nSPS) is 26.3. The Morgan fingerprint density at radius 2 is 2.14 bits per heavy atom. The van der Waals surface area contributed by atoms with Crippen LogP contribution in [0.15, 0.2) is 36.5 Å². The van der Waals surface area contributed by atoms with Gasteiger partial charge >= 0.3 is 0 Å². The van der Waals surface area contributed by atoms with Gasteiger partial charge in [0.2, 0.25) is 0 Å². The molecule has 22 heavy (non-hydrogen) atoms. The van der Waals surface area contributed by atoms with E-state index in [1.165, 1.54) is 0 Å². The molecule has 1 aromatic carbocycles. The van der Waals surface area contributed by atoms with E-state index in [2.05, 4.69) is 10.3 Å². The van der Waals surface area contributed by atoms with Crippen LogP contribution in [0.5, 0.6) is 0 Å². The fourth-order valence-electron chi connectivity index (χ4n) is 3.40. The first-order chi connectivity index (χ1) is 10.7. The molecule has 2 fully saturated rings. The van der Waals surface area contributed by atoms with Gasteiger partial charge in [-0.05, 0) is 43.6 Å². The number of aromatic nitrogens is 2. The first kappa shape index (κ1) is 13.7. The van der Waals surface area contributed by atoms with Crippen molar-refractivity contribution in [1.29, 1.82) is 0 Å². The monoisotopic (exact) mass is 315 g/mol. The van der Waals surface area contributed by atoms with Gasteiger partial charge in [-0.25, -0.2) is 0 Å². The molecule has 4 rings (SSSR count). The molecule has 2 N–H and O–H groups in total. The summed E-state index contributed by atoms with van der Waals surface area (Å²) in [6, 6.07) is 9.76. The van der Waals surface area contributed by atoms with E-state index in [0.717, 1.165) is 24.9 Å². The Kier molecular flexibility index (Phi) is 3.35. The van der Waals surface area contributed by atoms with Crippen molar-refractivity contribution < 1.29 is 9.53 Å². The van der Waals surface area contributed by atoms with Gasteiger partial charge in [-0.3, -0.25) is 9.36 Å². The largest absolute Gasteiger partial charge is 0.373 e. The Bertz CT molecular complexity index is 752. The minimum Gasteiger partial charge on any atom is -0.373 e. The topological polar surface area (TPSA) is 59.0 Å². The van der Waals surface area contributed by atoms with E-state index in [9.17, 15) is 4.79 Å². The fraction of sp³-hybridized carbons (Fsp3) is 0.375. The Morgan fingerprint density at radius 3 is 2.82 bits per heavy atom. The lowest BCUT2D eigenvalue weighted by Crippen LogP contribution is -2.41. The molecule has 2 aliphatic rings. The molecular formula is C16H17N3O2S. The minimum absolute atomic E-state index is 0.110. The summed E-state index contributed by atoms with van der Waals surface area (Å²) in [6.45, 7) is 0. The molecular weight excluding hydrogens is 298 g/mol. The van der Waals surface area contributed by atoms with Crippen LogP contribution >= 0.6 is 12.2 Å². The molecule has 0 unspecified atom stereocenters. The summed E-state index contributed by atoms with van der Waals surface area (Å²) < 4.78 is 8.07. The highest BCUT2D eigenvalue weighted by Gasteiger charge is 2.41. The number of amides is 1. The zero-order valence-corrected chi connectivity index (χ0v) is 12.8. The third kappa shape index (κ3) is 2.28. The number of H-pyrrole nitrogens is 1. The summed E-state index contributed by atoms with van der Waals surface area (Å²) in [5.74, 6) is -0.114. The maximum absolute atomic E-state index is 12.6. The van der Waals surface area contributed by atoms with E-state index in [4.69, 9.17) is 17.0 Å². The SMILES string of the molecule is O=C(N[C@@H]1C[C@H]2CC[C@H]1O2)c1c[nH]c(=S)n1-c1ccccc1. The van der Waals surface area contributed by atoms with Gasteiger partial charge in [0.05, 0.1) is 18.2 Å². The number of nitrogens with zero attached hydrogens (tertiary/aromatic N) is 1. The van der Waals surface area contributed by atoms with E-state index in [0.29, 0.717) is 16.6 Å². The van der Waals surface area contributed by atoms with Crippen LogP contribution in [0.2, 0.25) is 0 Å². The molecule has 2 aliphatic heterocycles. The Balaban J connectivity index is 1.60. The first-order valence-corrected chi connectivity index (χ1v) is 7.95. The van der Waals surface area contributed by atoms with Gasteiger partial charge < -0.3 is 15.0 Å². The predicted molar refractivity (Wildman–Crippen MR) is 84.7 cm³/mol. The fourth-order valence-corrected chi connectivity index (χ4v) is 3.66. The number of aromatic amines is 1. The highest BCUT2D eigenvalue weighted by atomic mass is 32.1. The van der Waals surface area contributed by atoms with Crippen LogP contribution in [0, 0.1) is 4.77 Å². The molecule has 0 saturated carbocycles. The van der Waals surface area contributed by atoms with Crippen molar-refractivity contribution in [1.82, 2.24) is 14.9 Å². The highest BCUT2D eigenvalue weighted by Crippen LogP contribution is 2.34. The number of nitrogens with one attached hydrogen (secondary N) is 2. The van der Waals surface area contributed by atoms with Crippen LogP contribution < -0.4 is 5.32 Å². The van der Waals surface area contributed by atoms with Crippen molar-refractivity contribution in [2.45, 2.75) is 37.5 Å². The summed E-state index contributed by atoms with van der Waals surface area (Å²) in [5.41, 5.74) is 1.40. The van der Waals surface area contributed by atoms with Crippen molar-refractivity contribution in [2.24, 2.45) is 0 Å². The van der Waals surface area contributed by atoms with Crippen LogP contribution in [0.3, 0.4) is 0 Å². The number of hydrogen-bond donors (Lipinski definition) is 2. The Labute approximate surface area is 133 Å². The molecule has 2 saturated heterocycles. The van der Waals surface area contributed by atoms with Gasteiger partial charge in [0.25, 0.3) is 5.91 Å². The molecule has 5 nitrogen and oxygen atoms in total. The van der Waals surface area contributed by atoms with Crippen molar-refractivity contribution in [3.05, 3.63) is 47.0 Å². The van der Waals surface area contributed by atoms with Gasteiger partial charge in [-0.2, -0.15) is 0 Å². The number of fused-ring (bicyclic) bond motifs is 2. The van der Waals surface area contributed by atoms with Crippen molar-refractivity contribution >= 4 is 18.1 Å². The number of para-hydroxylation sites is 1. The zero-order chi connectivity index (χ0) is 15.1. The summed E-state index contributed by atoms with van der Waals surface area (Å²) in [7, 11) is 0. The van der Waals surface area contributed by atoms with Crippen LogP contribution in [-0.4, -0.2) is 33.7 Å². The van der Waals surface area contributed by atoms with E-state index in [1.807, 2.05) is 30.3 Å². The van der Waals surface area contributed by atoms with Crippen molar-refractivity contribution in [2.75, 3.05) is 0 Å².